The number of hydrogen-bond acceptors (Lipinski definition) is 3. The molecule has 0 unspecified atom stereocenters. The minimum absolute atomic E-state index is 0.0598. The van der Waals surface area contributed by atoms with Gasteiger partial charge in [0.1, 0.15) is 0 Å². The van der Waals surface area contributed by atoms with Gasteiger partial charge in [0.05, 0.1) is 6.54 Å². The molecule has 5 nitrogen and oxygen atoms in total. The molecular formula is C13H19N3O2. The lowest BCUT2D eigenvalue weighted by atomic mass is 10.1. The first-order valence-corrected chi connectivity index (χ1v) is 5.85. The van der Waals surface area contributed by atoms with Crippen LogP contribution in [0.5, 0.6) is 0 Å². The zero-order valence-corrected chi connectivity index (χ0v) is 11.0. The van der Waals surface area contributed by atoms with Gasteiger partial charge in [-0.25, -0.2) is 4.79 Å². The number of nitrogens with zero attached hydrogens (tertiary/aromatic N) is 1. The average Bonchev–Trinajstić information content (AvgIpc) is 2.29. The third kappa shape index (κ3) is 4.55. The lowest BCUT2D eigenvalue weighted by Crippen LogP contribution is -2.28. The highest BCUT2D eigenvalue weighted by Gasteiger charge is 2.07. The summed E-state index contributed by atoms with van der Waals surface area (Å²) in [6.45, 7) is 2.80. The molecule has 0 atom stereocenters. The summed E-state index contributed by atoms with van der Waals surface area (Å²) in [5.41, 5.74) is 1.31. The first-order chi connectivity index (χ1) is 8.52. The summed E-state index contributed by atoms with van der Waals surface area (Å²) >= 11 is 0. The fourth-order valence-electron chi connectivity index (χ4n) is 1.45. The zero-order valence-electron chi connectivity index (χ0n) is 11.0. The quantitative estimate of drug-likeness (QED) is 0.779. The van der Waals surface area contributed by atoms with Crippen LogP contribution in [-0.4, -0.2) is 43.9 Å². The second-order valence-corrected chi connectivity index (χ2v) is 4.22. The number of benzene rings is 1. The van der Waals surface area contributed by atoms with Gasteiger partial charge in [-0.2, -0.15) is 0 Å². The Balaban J connectivity index is 2.62. The van der Waals surface area contributed by atoms with E-state index < -0.39 is 0 Å². The highest BCUT2D eigenvalue weighted by atomic mass is 16.2. The SMILES string of the molecule is CCNC(=O)Nc1ccc(C(=O)CN(C)C)cc1. The second-order valence-electron chi connectivity index (χ2n) is 4.22. The van der Waals surface area contributed by atoms with Gasteiger partial charge in [-0.3, -0.25) is 4.79 Å². The Kier molecular flexibility index (Phi) is 5.32. The number of Topliss-reactive ketones (excluding diaryl/α,β-unsaturated/α-hetero) is 1. The summed E-state index contributed by atoms with van der Waals surface area (Å²) in [6, 6.07) is 6.63. The van der Waals surface area contributed by atoms with Crippen molar-refractivity contribution in [2.45, 2.75) is 6.92 Å². The molecule has 0 aromatic heterocycles. The van der Waals surface area contributed by atoms with Crippen molar-refractivity contribution in [3.05, 3.63) is 29.8 Å². The molecule has 0 radical (unpaired) electrons. The standard InChI is InChI=1S/C13H19N3O2/c1-4-14-13(18)15-11-7-5-10(6-8-11)12(17)9-16(2)3/h5-8H,4,9H2,1-3H3,(H2,14,15,18). The van der Waals surface area contributed by atoms with E-state index in [1.165, 1.54) is 0 Å². The van der Waals surface area contributed by atoms with Crippen LogP contribution in [0.25, 0.3) is 0 Å². The van der Waals surface area contributed by atoms with Crippen LogP contribution < -0.4 is 10.6 Å². The zero-order chi connectivity index (χ0) is 13.5. The van der Waals surface area contributed by atoms with Crippen molar-refractivity contribution >= 4 is 17.5 Å². The molecule has 0 bridgehead atoms. The molecule has 5 heteroatoms. The number of likely N-dealkylation sites (N-methyl/N-ethyl adjacent to an activating group) is 1. The molecule has 2 amide bonds. The minimum atomic E-state index is -0.245. The van der Waals surface area contributed by atoms with Gasteiger partial charge in [-0.15, -0.1) is 0 Å². The molecule has 1 rings (SSSR count). The molecule has 0 aliphatic rings. The van der Waals surface area contributed by atoms with Crippen molar-refractivity contribution in [3.8, 4) is 0 Å². The molecule has 0 spiro atoms. The molecule has 0 fully saturated rings. The predicted octanol–water partition coefficient (Wildman–Crippen LogP) is 1.57. The number of carbonyl (C=O) groups is 2. The molecular weight excluding hydrogens is 230 g/mol. The van der Waals surface area contributed by atoms with Crippen molar-refractivity contribution in [2.75, 3.05) is 32.5 Å². The molecule has 98 valence electrons. The Morgan fingerprint density at radius 1 is 1.17 bits per heavy atom. The van der Waals surface area contributed by atoms with Gasteiger partial charge in [0.15, 0.2) is 5.78 Å². The van der Waals surface area contributed by atoms with Crippen LogP contribution in [-0.2, 0) is 0 Å². The Bertz CT molecular complexity index is 413. The summed E-state index contributed by atoms with van der Waals surface area (Å²) in [7, 11) is 3.70. The Morgan fingerprint density at radius 3 is 2.28 bits per heavy atom. The van der Waals surface area contributed by atoms with Gasteiger partial charge < -0.3 is 15.5 Å². The fourth-order valence-corrected chi connectivity index (χ4v) is 1.45. The van der Waals surface area contributed by atoms with Crippen molar-refractivity contribution in [1.29, 1.82) is 0 Å². The molecule has 0 heterocycles. The summed E-state index contributed by atoms with van der Waals surface area (Å²) < 4.78 is 0. The van der Waals surface area contributed by atoms with E-state index in [0.717, 1.165) is 0 Å². The third-order valence-corrected chi connectivity index (χ3v) is 2.26. The molecule has 0 aliphatic heterocycles. The first-order valence-electron chi connectivity index (χ1n) is 5.85. The molecule has 1 aromatic carbocycles. The van der Waals surface area contributed by atoms with Crippen molar-refractivity contribution in [3.63, 3.8) is 0 Å². The van der Waals surface area contributed by atoms with Crippen molar-refractivity contribution in [2.24, 2.45) is 0 Å². The van der Waals surface area contributed by atoms with Gasteiger partial charge in [0.25, 0.3) is 0 Å². The summed E-state index contributed by atoms with van der Waals surface area (Å²) in [4.78, 5) is 24.9. The lowest BCUT2D eigenvalue weighted by molar-refractivity contribution is 0.0958. The number of ketones is 1. The van der Waals surface area contributed by atoms with E-state index in [2.05, 4.69) is 10.6 Å². The normalized spacial score (nSPS) is 10.2. The molecule has 2 N–H and O–H groups in total. The van der Waals surface area contributed by atoms with Crippen LogP contribution in [0.15, 0.2) is 24.3 Å². The van der Waals surface area contributed by atoms with Crippen LogP contribution in [0.4, 0.5) is 10.5 Å². The van der Waals surface area contributed by atoms with Crippen LogP contribution >= 0.6 is 0 Å². The maximum Gasteiger partial charge on any atom is 0.319 e. The van der Waals surface area contributed by atoms with Crippen molar-refractivity contribution in [1.82, 2.24) is 10.2 Å². The molecule has 0 saturated heterocycles. The summed E-state index contributed by atoms with van der Waals surface area (Å²) in [6.07, 6.45) is 0. The van der Waals surface area contributed by atoms with E-state index in [0.29, 0.717) is 24.3 Å². The maximum absolute atomic E-state index is 11.7. The number of hydrogen-bond donors (Lipinski definition) is 2. The number of urea groups is 1. The van der Waals surface area contributed by atoms with Gasteiger partial charge in [-0.05, 0) is 45.3 Å². The van der Waals surface area contributed by atoms with Crippen LogP contribution in [0.1, 0.15) is 17.3 Å². The van der Waals surface area contributed by atoms with Gasteiger partial charge >= 0.3 is 6.03 Å². The van der Waals surface area contributed by atoms with Gasteiger partial charge in [0, 0.05) is 17.8 Å². The van der Waals surface area contributed by atoms with E-state index in [1.807, 2.05) is 25.9 Å². The number of anilines is 1. The Labute approximate surface area is 107 Å². The number of carbonyl (C=O) groups excluding carboxylic acids is 2. The molecule has 1 aromatic rings. The predicted molar refractivity (Wildman–Crippen MR) is 72.0 cm³/mol. The maximum atomic E-state index is 11.7. The minimum Gasteiger partial charge on any atom is -0.338 e. The third-order valence-electron chi connectivity index (χ3n) is 2.26. The topological polar surface area (TPSA) is 61.4 Å². The van der Waals surface area contributed by atoms with Gasteiger partial charge in [0.2, 0.25) is 0 Å². The number of amides is 2. The van der Waals surface area contributed by atoms with E-state index in [4.69, 9.17) is 0 Å². The smallest absolute Gasteiger partial charge is 0.319 e. The summed E-state index contributed by atoms with van der Waals surface area (Å²) in [5, 5.41) is 5.31. The van der Waals surface area contributed by atoms with Crippen LogP contribution in [0, 0.1) is 0 Å². The Hall–Kier alpha value is -1.88. The molecule has 0 saturated carbocycles. The van der Waals surface area contributed by atoms with Crippen LogP contribution in [0.2, 0.25) is 0 Å². The monoisotopic (exact) mass is 249 g/mol. The van der Waals surface area contributed by atoms with Crippen LogP contribution in [0.3, 0.4) is 0 Å². The second kappa shape index (κ2) is 6.76. The van der Waals surface area contributed by atoms with E-state index in [9.17, 15) is 9.59 Å². The van der Waals surface area contributed by atoms with Crippen molar-refractivity contribution < 1.29 is 9.59 Å². The highest BCUT2D eigenvalue weighted by molar-refractivity contribution is 5.98. The average molecular weight is 249 g/mol. The van der Waals surface area contributed by atoms with E-state index in [-0.39, 0.29) is 11.8 Å². The van der Waals surface area contributed by atoms with Gasteiger partial charge in [-0.1, -0.05) is 0 Å². The number of nitrogens with one attached hydrogen (secondary N) is 2. The molecule has 0 aliphatic carbocycles. The Morgan fingerprint density at radius 2 is 1.78 bits per heavy atom. The fraction of sp³-hybridized carbons (Fsp3) is 0.385. The molecule has 18 heavy (non-hydrogen) atoms. The summed E-state index contributed by atoms with van der Waals surface area (Å²) in [5.74, 6) is 0.0598. The number of rotatable bonds is 5. The van der Waals surface area contributed by atoms with E-state index in [1.54, 1.807) is 24.3 Å². The van der Waals surface area contributed by atoms with E-state index >= 15 is 0 Å². The first kappa shape index (κ1) is 14.2. The lowest BCUT2D eigenvalue weighted by Gasteiger charge is -2.09. The largest absolute Gasteiger partial charge is 0.338 e. The highest BCUT2D eigenvalue weighted by Crippen LogP contribution is 2.10.